The molecule has 0 aliphatic carbocycles. The van der Waals surface area contributed by atoms with Crippen molar-refractivity contribution in [1.29, 1.82) is 0 Å². The van der Waals surface area contributed by atoms with Crippen molar-refractivity contribution in [2.45, 2.75) is 12.5 Å². The lowest BCUT2D eigenvalue weighted by atomic mass is 10.0. The van der Waals surface area contributed by atoms with E-state index in [4.69, 9.17) is 9.15 Å². The van der Waals surface area contributed by atoms with Gasteiger partial charge in [-0.25, -0.2) is 0 Å². The lowest BCUT2D eigenvalue weighted by Crippen LogP contribution is -2.38. The minimum atomic E-state index is -1.25. The molecule has 1 atom stereocenters. The van der Waals surface area contributed by atoms with Gasteiger partial charge in [-0.1, -0.05) is 0 Å². The predicted molar refractivity (Wildman–Crippen MR) is 71.5 cm³/mol. The molecule has 2 rings (SSSR count). The van der Waals surface area contributed by atoms with Crippen LogP contribution in [0, 0.1) is 0 Å². The Kier molecular flexibility index (Phi) is 3.92. The van der Waals surface area contributed by atoms with Gasteiger partial charge >= 0.3 is 0 Å². The van der Waals surface area contributed by atoms with Crippen molar-refractivity contribution < 1.29 is 19.1 Å². The van der Waals surface area contributed by atoms with Gasteiger partial charge in [0.15, 0.2) is 0 Å². The average molecular weight is 281 g/mol. The molecule has 2 heterocycles. The largest absolute Gasteiger partial charge is 0.495 e. The summed E-state index contributed by atoms with van der Waals surface area (Å²) in [5.74, 6) is 0.657. The summed E-state index contributed by atoms with van der Waals surface area (Å²) in [5, 5.41) is 14.7. The number of furan rings is 1. The van der Waals surface area contributed by atoms with Gasteiger partial charge in [0.1, 0.15) is 22.0 Å². The highest BCUT2D eigenvalue weighted by atomic mass is 32.1. The van der Waals surface area contributed by atoms with Crippen LogP contribution in [0.1, 0.15) is 22.4 Å². The summed E-state index contributed by atoms with van der Waals surface area (Å²) in [6, 6.07) is 5.08. The molecule has 2 N–H and O–H groups in total. The maximum absolute atomic E-state index is 12.0. The first-order valence-corrected chi connectivity index (χ1v) is 6.58. The number of carbonyl (C=O) groups excluding carboxylic acids is 1. The number of nitrogens with one attached hydrogen (secondary N) is 1. The van der Waals surface area contributed by atoms with Crippen LogP contribution in [0.25, 0.3) is 0 Å². The van der Waals surface area contributed by atoms with Crippen LogP contribution in [0.5, 0.6) is 5.75 Å². The van der Waals surface area contributed by atoms with E-state index in [0.29, 0.717) is 16.4 Å². The summed E-state index contributed by atoms with van der Waals surface area (Å²) in [6.45, 7) is 1.64. The Balaban J connectivity index is 2.01. The second-order valence-electron chi connectivity index (χ2n) is 4.25. The molecule has 0 aliphatic heterocycles. The number of hydrogen-bond acceptors (Lipinski definition) is 5. The van der Waals surface area contributed by atoms with Crippen molar-refractivity contribution in [3.05, 3.63) is 40.5 Å². The first-order chi connectivity index (χ1) is 9.04. The Morgan fingerprint density at radius 2 is 2.37 bits per heavy atom. The van der Waals surface area contributed by atoms with Crippen molar-refractivity contribution in [2.75, 3.05) is 13.7 Å². The zero-order valence-electron chi connectivity index (χ0n) is 10.7. The Morgan fingerprint density at radius 1 is 1.58 bits per heavy atom. The molecule has 0 saturated carbocycles. The highest BCUT2D eigenvalue weighted by Crippen LogP contribution is 2.25. The van der Waals surface area contributed by atoms with Crippen LogP contribution in [0.2, 0.25) is 0 Å². The summed E-state index contributed by atoms with van der Waals surface area (Å²) in [5.41, 5.74) is -1.25. The summed E-state index contributed by atoms with van der Waals surface area (Å²) in [6.07, 6.45) is 1.48. The second kappa shape index (κ2) is 5.46. The van der Waals surface area contributed by atoms with Crippen LogP contribution in [0.3, 0.4) is 0 Å². The standard InChI is InChI=1S/C13H15NO4S/c1-13(16,10-4-3-6-18-10)8-14-12(15)11-9(17-2)5-7-19-11/h3-7,16H,8H2,1-2H3,(H,14,15). The zero-order chi connectivity index (χ0) is 13.9. The Hall–Kier alpha value is -1.79. The number of methoxy groups -OCH3 is 1. The number of hydrogen-bond donors (Lipinski definition) is 2. The van der Waals surface area contributed by atoms with Gasteiger partial charge in [0.2, 0.25) is 0 Å². The van der Waals surface area contributed by atoms with Gasteiger partial charge in [0, 0.05) is 0 Å². The first-order valence-electron chi connectivity index (χ1n) is 5.70. The molecule has 0 spiro atoms. The van der Waals surface area contributed by atoms with Crippen molar-refractivity contribution >= 4 is 17.2 Å². The summed E-state index contributed by atoms with van der Waals surface area (Å²) < 4.78 is 10.2. The van der Waals surface area contributed by atoms with E-state index in [-0.39, 0.29) is 12.5 Å². The van der Waals surface area contributed by atoms with E-state index in [2.05, 4.69) is 5.32 Å². The van der Waals surface area contributed by atoms with Gasteiger partial charge < -0.3 is 19.6 Å². The Bertz CT molecular complexity index is 545. The van der Waals surface area contributed by atoms with Gasteiger partial charge in [0.25, 0.3) is 5.91 Å². The molecule has 0 aromatic carbocycles. The zero-order valence-corrected chi connectivity index (χ0v) is 11.5. The first kappa shape index (κ1) is 13.6. The molecule has 1 amide bonds. The second-order valence-corrected chi connectivity index (χ2v) is 5.17. The number of amides is 1. The normalized spacial score (nSPS) is 13.8. The molecule has 5 nitrogen and oxygen atoms in total. The molecular weight excluding hydrogens is 266 g/mol. The molecule has 2 aromatic rings. The number of carbonyl (C=O) groups is 1. The maximum Gasteiger partial charge on any atom is 0.265 e. The summed E-state index contributed by atoms with van der Waals surface area (Å²) >= 11 is 1.29. The van der Waals surface area contributed by atoms with Crippen LogP contribution in [-0.2, 0) is 5.60 Å². The van der Waals surface area contributed by atoms with E-state index in [0.717, 1.165) is 0 Å². The van der Waals surface area contributed by atoms with Gasteiger partial charge in [-0.15, -0.1) is 11.3 Å². The van der Waals surface area contributed by atoms with E-state index < -0.39 is 5.60 Å². The lowest BCUT2D eigenvalue weighted by molar-refractivity contribution is 0.0330. The fourth-order valence-electron chi connectivity index (χ4n) is 1.63. The van der Waals surface area contributed by atoms with Crippen molar-refractivity contribution in [2.24, 2.45) is 0 Å². The Morgan fingerprint density at radius 3 is 3.00 bits per heavy atom. The molecule has 0 aliphatic rings. The van der Waals surface area contributed by atoms with Gasteiger partial charge in [-0.2, -0.15) is 0 Å². The van der Waals surface area contributed by atoms with Crippen molar-refractivity contribution in [3.63, 3.8) is 0 Å². The molecular formula is C13H15NO4S. The predicted octanol–water partition coefficient (Wildman–Crippen LogP) is 1.99. The average Bonchev–Trinajstić information content (AvgIpc) is 3.06. The maximum atomic E-state index is 12.0. The third-order valence-electron chi connectivity index (χ3n) is 2.70. The van der Waals surface area contributed by atoms with E-state index in [1.807, 2.05) is 0 Å². The van der Waals surface area contributed by atoms with Crippen molar-refractivity contribution in [1.82, 2.24) is 5.32 Å². The third kappa shape index (κ3) is 2.97. The Labute approximate surface area is 114 Å². The van der Waals surface area contributed by atoms with Gasteiger partial charge in [-0.05, 0) is 30.5 Å². The molecule has 19 heavy (non-hydrogen) atoms. The minimum absolute atomic E-state index is 0.0560. The number of rotatable bonds is 5. The van der Waals surface area contributed by atoms with Crippen LogP contribution in [0.4, 0.5) is 0 Å². The SMILES string of the molecule is COc1ccsc1C(=O)NCC(C)(O)c1ccco1. The molecule has 0 saturated heterocycles. The van der Waals surface area contributed by atoms with Crippen LogP contribution in [0.15, 0.2) is 34.3 Å². The molecule has 0 bridgehead atoms. The number of thiophene rings is 1. The molecule has 102 valence electrons. The lowest BCUT2D eigenvalue weighted by Gasteiger charge is -2.21. The summed E-state index contributed by atoms with van der Waals surface area (Å²) in [7, 11) is 1.51. The minimum Gasteiger partial charge on any atom is -0.495 e. The van der Waals surface area contributed by atoms with Gasteiger partial charge in [0.05, 0.1) is 19.9 Å². The van der Waals surface area contributed by atoms with Crippen molar-refractivity contribution in [3.8, 4) is 5.75 Å². The fraction of sp³-hybridized carbons (Fsp3) is 0.308. The molecule has 1 unspecified atom stereocenters. The smallest absolute Gasteiger partial charge is 0.265 e. The molecule has 6 heteroatoms. The summed E-state index contributed by atoms with van der Waals surface area (Å²) in [4.78, 5) is 12.5. The molecule has 0 fully saturated rings. The van der Waals surface area contributed by atoms with E-state index in [1.54, 1.807) is 30.5 Å². The van der Waals surface area contributed by atoms with E-state index in [1.165, 1.54) is 24.7 Å². The fourth-order valence-corrected chi connectivity index (χ4v) is 2.40. The molecule has 0 radical (unpaired) electrons. The van der Waals surface area contributed by atoms with E-state index >= 15 is 0 Å². The highest BCUT2D eigenvalue weighted by molar-refractivity contribution is 7.12. The monoisotopic (exact) mass is 281 g/mol. The number of ether oxygens (including phenoxy) is 1. The van der Waals surface area contributed by atoms with Crippen LogP contribution in [-0.4, -0.2) is 24.7 Å². The van der Waals surface area contributed by atoms with Gasteiger partial charge in [-0.3, -0.25) is 4.79 Å². The molecule has 2 aromatic heterocycles. The number of aliphatic hydroxyl groups is 1. The quantitative estimate of drug-likeness (QED) is 0.879. The van der Waals surface area contributed by atoms with Crippen LogP contribution >= 0.6 is 11.3 Å². The van der Waals surface area contributed by atoms with Crippen LogP contribution < -0.4 is 10.1 Å². The highest BCUT2D eigenvalue weighted by Gasteiger charge is 2.27. The van der Waals surface area contributed by atoms with E-state index in [9.17, 15) is 9.90 Å². The topological polar surface area (TPSA) is 71.7 Å². The third-order valence-corrected chi connectivity index (χ3v) is 3.59.